The molecule has 0 atom stereocenters. The van der Waals surface area contributed by atoms with Gasteiger partial charge >= 0.3 is 0 Å². The van der Waals surface area contributed by atoms with Crippen LogP contribution in [0.2, 0.25) is 10.0 Å². The third-order valence-electron chi connectivity index (χ3n) is 2.76. The van der Waals surface area contributed by atoms with Crippen LogP contribution in [0.3, 0.4) is 0 Å². The molecule has 21 heavy (non-hydrogen) atoms. The molecule has 0 fully saturated rings. The zero-order valence-corrected chi connectivity index (χ0v) is 12.2. The van der Waals surface area contributed by atoms with Crippen molar-refractivity contribution in [1.82, 2.24) is 0 Å². The highest BCUT2D eigenvalue weighted by Crippen LogP contribution is 2.26. The van der Waals surface area contributed by atoms with E-state index in [9.17, 15) is 4.39 Å². The number of amidine groups is 1. The second-order valence-corrected chi connectivity index (χ2v) is 4.96. The van der Waals surface area contributed by atoms with Crippen molar-refractivity contribution in [3.8, 4) is 5.75 Å². The highest BCUT2D eigenvalue weighted by Gasteiger charge is 2.12. The lowest BCUT2D eigenvalue weighted by Crippen LogP contribution is -2.15. The molecule has 0 heterocycles. The van der Waals surface area contributed by atoms with Crippen LogP contribution in [0.5, 0.6) is 5.75 Å². The number of rotatable bonds is 4. The molecule has 7 heteroatoms. The molecule has 2 rings (SSSR count). The Hall–Kier alpha value is -1.98. The minimum atomic E-state index is -0.477. The van der Waals surface area contributed by atoms with Gasteiger partial charge in [0.1, 0.15) is 18.2 Å². The monoisotopic (exact) mass is 328 g/mol. The van der Waals surface area contributed by atoms with Crippen LogP contribution >= 0.6 is 23.2 Å². The molecule has 110 valence electrons. The van der Waals surface area contributed by atoms with Gasteiger partial charge in [-0.25, -0.2) is 4.39 Å². The van der Waals surface area contributed by atoms with Gasteiger partial charge in [-0.2, -0.15) is 0 Å². The van der Waals surface area contributed by atoms with Crippen molar-refractivity contribution in [2.45, 2.75) is 6.61 Å². The minimum Gasteiger partial charge on any atom is -0.488 e. The van der Waals surface area contributed by atoms with E-state index in [2.05, 4.69) is 5.16 Å². The molecular weight excluding hydrogens is 318 g/mol. The Kier molecular flexibility index (Phi) is 4.88. The Balaban J connectivity index is 2.30. The largest absolute Gasteiger partial charge is 0.488 e. The van der Waals surface area contributed by atoms with Gasteiger partial charge in [-0.15, -0.1) is 0 Å². The molecular formula is C14H11Cl2FN2O2. The number of ether oxygens (including phenoxy) is 1. The Morgan fingerprint density at radius 1 is 1.29 bits per heavy atom. The topological polar surface area (TPSA) is 67.8 Å². The molecule has 3 N–H and O–H groups in total. The Morgan fingerprint density at radius 3 is 2.71 bits per heavy atom. The fraction of sp³-hybridized carbons (Fsp3) is 0.0714. The molecule has 0 unspecified atom stereocenters. The number of halogens is 3. The summed E-state index contributed by atoms with van der Waals surface area (Å²) >= 11 is 11.8. The second kappa shape index (κ2) is 6.65. The third kappa shape index (κ3) is 3.56. The molecule has 0 aliphatic heterocycles. The summed E-state index contributed by atoms with van der Waals surface area (Å²) < 4.78 is 19.2. The lowest BCUT2D eigenvalue weighted by atomic mass is 10.2. The van der Waals surface area contributed by atoms with Crippen LogP contribution in [-0.4, -0.2) is 11.0 Å². The van der Waals surface area contributed by atoms with Crippen LogP contribution in [0.15, 0.2) is 41.6 Å². The van der Waals surface area contributed by atoms with Gasteiger partial charge in [-0.3, -0.25) is 0 Å². The first kappa shape index (κ1) is 15.4. The normalized spacial score (nSPS) is 11.5. The van der Waals surface area contributed by atoms with E-state index < -0.39 is 5.82 Å². The first-order valence-electron chi connectivity index (χ1n) is 5.86. The van der Waals surface area contributed by atoms with E-state index in [1.807, 2.05) is 0 Å². The highest BCUT2D eigenvalue weighted by atomic mass is 35.5. The van der Waals surface area contributed by atoms with Gasteiger partial charge < -0.3 is 15.7 Å². The predicted octanol–water partition coefficient (Wildman–Crippen LogP) is 3.81. The average Bonchev–Trinajstić information content (AvgIpc) is 2.46. The highest BCUT2D eigenvalue weighted by molar-refractivity contribution is 6.31. The van der Waals surface area contributed by atoms with E-state index in [1.165, 1.54) is 24.3 Å². The maximum Gasteiger partial charge on any atom is 0.173 e. The van der Waals surface area contributed by atoms with Gasteiger partial charge in [0, 0.05) is 10.6 Å². The van der Waals surface area contributed by atoms with Crippen molar-refractivity contribution in [3.05, 3.63) is 63.4 Å². The van der Waals surface area contributed by atoms with Gasteiger partial charge in [0.2, 0.25) is 0 Å². The Labute approximate surface area is 130 Å². The zero-order valence-electron chi connectivity index (χ0n) is 10.7. The van der Waals surface area contributed by atoms with Crippen LogP contribution in [0.1, 0.15) is 11.1 Å². The first-order chi connectivity index (χ1) is 10.0. The number of nitrogens with zero attached hydrogens (tertiary/aromatic N) is 1. The van der Waals surface area contributed by atoms with E-state index >= 15 is 0 Å². The second-order valence-electron chi connectivity index (χ2n) is 4.11. The summed E-state index contributed by atoms with van der Waals surface area (Å²) in [5.74, 6) is -0.353. The first-order valence-corrected chi connectivity index (χ1v) is 6.61. The smallest absolute Gasteiger partial charge is 0.173 e. The van der Waals surface area contributed by atoms with Crippen LogP contribution in [0.4, 0.5) is 4.39 Å². The predicted molar refractivity (Wildman–Crippen MR) is 79.7 cm³/mol. The van der Waals surface area contributed by atoms with Crippen molar-refractivity contribution < 1.29 is 14.3 Å². The summed E-state index contributed by atoms with van der Waals surface area (Å²) in [6, 6.07) is 8.94. The number of hydrogen-bond donors (Lipinski definition) is 2. The number of hydrogen-bond acceptors (Lipinski definition) is 3. The number of oxime groups is 1. The maximum atomic E-state index is 13.7. The Bertz CT molecular complexity index is 672. The van der Waals surface area contributed by atoms with Gasteiger partial charge in [0.05, 0.1) is 10.6 Å². The SMILES string of the molecule is N/C(=N/O)c1ccc(Cl)cc1OCc1c(F)cccc1Cl. The summed E-state index contributed by atoms with van der Waals surface area (Å²) in [7, 11) is 0. The molecule has 0 aliphatic rings. The maximum absolute atomic E-state index is 13.7. The van der Waals surface area contributed by atoms with E-state index in [-0.39, 0.29) is 28.8 Å². The standard InChI is InChI=1S/C14H11Cl2FN2O2/c15-8-4-5-9(14(18)19-20)13(6-8)21-7-10-11(16)2-1-3-12(10)17/h1-6,20H,7H2,(H2,18,19). The fourth-order valence-electron chi connectivity index (χ4n) is 1.70. The minimum absolute atomic E-state index is 0.114. The van der Waals surface area contributed by atoms with Crippen LogP contribution in [-0.2, 0) is 6.61 Å². The van der Waals surface area contributed by atoms with Crippen LogP contribution in [0.25, 0.3) is 0 Å². The lowest BCUT2D eigenvalue weighted by Gasteiger charge is -2.12. The number of nitrogens with two attached hydrogens (primary N) is 1. The fourth-order valence-corrected chi connectivity index (χ4v) is 2.08. The molecule has 0 saturated carbocycles. The van der Waals surface area contributed by atoms with Crippen LogP contribution in [0, 0.1) is 5.82 Å². The van der Waals surface area contributed by atoms with Crippen molar-refractivity contribution in [2.75, 3.05) is 0 Å². The van der Waals surface area contributed by atoms with Crippen molar-refractivity contribution in [3.63, 3.8) is 0 Å². The molecule has 0 spiro atoms. The lowest BCUT2D eigenvalue weighted by molar-refractivity contribution is 0.297. The van der Waals surface area contributed by atoms with Gasteiger partial charge in [-0.05, 0) is 30.3 Å². The third-order valence-corrected chi connectivity index (χ3v) is 3.35. The molecule has 0 aromatic heterocycles. The summed E-state index contributed by atoms with van der Waals surface area (Å²) in [4.78, 5) is 0. The Morgan fingerprint density at radius 2 is 2.05 bits per heavy atom. The van der Waals surface area contributed by atoms with E-state index in [4.69, 9.17) is 38.9 Å². The number of benzene rings is 2. The summed E-state index contributed by atoms with van der Waals surface area (Å²) in [5, 5.41) is 12.3. The summed E-state index contributed by atoms with van der Waals surface area (Å²) in [6.45, 7) is -0.114. The molecule has 2 aromatic rings. The summed E-state index contributed by atoms with van der Waals surface area (Å²) in [5.41, 5.74) is 6.11. The molecule has 0 amide bonds. The van der Waals surface area contributed by atoms with E-state index in [0.29, 0.717) is 10.6 Å². The quantitative estimate of drug-likeness (QED) is 0.388. The molecule has 0 aliphatic carbocycles. The zero-order chi connectivity index (χ0) is 15.4. The van der Waals surface area contributed by atoms with Gasteiger partial charge in [0.25, 0.3) is 0 Å². The molecule has 0 radical (unpaired) electrons. The van der Waals surface area contributed by atoms with Crippen molar-refractivity contribution in [2.24, 2.45) is 10.9 Å². The van der Waals surface area contributed by atoms with E-state index in [1.54, 1.807) is 12.1 Å². The molecule has 2 aromatic carbocycles. The van der Waals surface area contributed by atoms with Crippen molar-refractivity contribution >= 4 is 29.0 Å². The van der Waals surface area contributed by atoms with Crippen molar-refractivity contribution in [1.29, 1.82) is 0 Å². The molecule has 4 nitrogen and oxygen atoms in total. The molecule has 0 bridgehead atoms. The van der Waals surface area contributed by atoms with Crippen LogP contribution < -0.4 is 10.5 Å². The summed E-state index contributed by atoms with van der Waals surface area (Å²) in [6.07, 6.45) is 0. The average molecular weight is 329 g/mol. The van der Waals surface area contributed by atoms with E-state index in [0.717, 1.165) is 0 Å². The van der Waals surface area contributed by atoms with Gasteiger partial charge in [0.15, 0.2) is 5.84 Å². The molecule has 0 saturated heterocycles. The van der Waals surface area contributed by atoms with Gasteiger partial charge in [-0.1, -0.05) is 34.4 Å².